The average molecular weight is 613 g/mol. The van der Waals surface area contributed by atoms with Crippen molar-refractivity contribution in [2.75, 3.05) is 55.1 Å². The molecule has 4 aromatic rings. The SMILES string of the molecule is Cc1cccc2sc(N(CCCN3CCOCC3)C(=O)c3ccc(S(=O)(=O)N4CCc5ccccc54)cc3)nc12.Cl. The maximum Gasteiger partial charge on any atom is 0.264 e. The van der Waals surface area contributed by atoms with E-state index in [2.05, 4.69) is 4.90 Å². The summed E-state index contributed by atoms with van der Waals surface area (Å²) in [6.45, 7) is 7.07. The second-order valence-electron chi connectivity index (χ2n) is 10.2. The van der Waals surface area contributed by atoms with E-state index in [1.165, 1.54) is 27.8 Å². The highest BCUT2D eigenvalue weighted by Crippen LogP contribution is 2.34. The molecular weight excluding hydrogens is 580 g/mol. The van der Waals surface area contributed by atoms with Gasteiger partial charge in [0.1, 0.15) is 0 Å². The summed E-state index contributed by atoms with van der Waals surface area (Å²) in [6.07, 6.45) is 1.48. The third-order valence-corrected chi connectivity index (χ3v) is 10.5. The summed E-state index contributed by atoms with van der Waals surface area (Å²) in [5.74, 6) is -0.186. The number of para-hydroxylation sites is 2. The Morgan fingerprint density at radius 2 is 1.76 bits per heavy atom. The van der Waals surface area contributed by atoms with E-state index in [1.54, 1.807) is 17.0 Å². The number of carbonyl (C=O) groups is 1. The highest BCUT2D eigenvalue weighted by Gasteiger charge is 2.31. The van der Waals surface area contributed by atoms with Gasteiger partial charge in [0.2, 0.25) is 0 Å². The van der Waals surface area contributed by atoms with Gasteiger partial charge in [-0.3, -0.25) is 18.9 Å². The molecular formula is C30H33ClN4O4S2. The second-order valence-corrected chi connectivity index (χ2v) is 13.0. The number of benzene rings is 3. The first-order chi connectivity index (χ1) is 19.4. The van der Waals surface area contributed by atoms with Crippen LogP contribution >= 0.6 is 23.7 Å². The lowest BCUT2D eigenvalue weighted by Crippen LogP contribution is -2.39. The summed E-state index contributed by atoms with van der Waals surface area (Å²) in [6, 6.07) is 19.9. The molecule has 0 saturated carbocycles. The van der Waals surface area contributed by atoms with Crippen LogP contribution < -0.4 is 9.21 Å². The fraction of sp³-hybridized carbons (Fsp3) is 0.333. The number of carbonyl (C=O) groups excluding carboxylic acids is 1. The largest absolute Gasteiger partial charge is 0.379 e. The minimum absolute atomic E-state index is 0. The normalized spacial score (nSPS) is 15.5. The first kappa shape index (κ1) is 29.5. The van der Waals surface area contributed by atoms with Crippen molar-refractivity contribution in [3.05, 3.63) is 83.4 Å². The maximum atomic E-state index is 13.9. The number of rotatable bonds is 8. The second kappa shape index (κ2) is 12.5. The Morgan fingerprint density at radius 1 is 1.00 bits per heavy atom. The molecule has 3 heterocycles. The molecule has 41 heavy (non-hydrogen) atoms. The zero-order valence-corrected chi connectivity index (χ0v) is 25.3. The molecule has 1 saturated heterocycles. The van der Waals surface area contributed by atoms with Crippen molar-refractivity contribution in [1.82, 2.24) is 9.88 Å². The van der Waals surface area contributed by atoms with Crippen molar-refractivity contribution in [1.29, 1.82) is 0 Å². The van der Waals surface area contributed by atoms with Crippen molar-refractivity contribution in [3.63, 3.8) is 0 Å². The predicted molar refractivity (Wildman–Crippen MR) is 166 cm³/mol. The van der Waals surface area contributed by atoms with Crippen molar-refractivity contribution >= 4 is 60.7 Å². The zero-order chi connectivity index (χ0) is 27.7. The Bertz CT molecular complexity index is 1640. The molecule has 0 spiro atoms. The highest BCUT2D eigenvalue weighted by molar-refractivity contribution is 7.92. The number of halogens is 1. The molecule has 0 atom stereocenters. The summed E-state index contributed by atoms with van der Waals surface area (Å²) in [5, 5.41) is 0.654. The van der Waals surface area contributed by atoms with Crippen molar-refractivity contribution in [3.8, 4) is 0 Å². The smallest absolute Gasteiger partial charge is 0.264 e. The van der Waals surface area contributed by atoms with Crippen molar-refractivity contribution < 1.29 is 17.9 Å². The molecule has 6 rings (SSSR count). The minimum Gasteiger partial charge on any atom is -0.379 e. The maximum absolute atomic E-state index is 13.9. The highest BCUT2D eigenvalue weighted by atomic mass is 35.5. The van der Waals surface area contributed by atoms with E-state index >= 15 is 0 Å². The molecule has 0 aliphatic carbocycles. The lowest BCUT2D eigenvalue weighted by molar-refractivity contribution is 0.0376. The van der Waals surface area contributed by atoms with E-state index in [-0.39, 0.29) is 23.2 Å². The summed E-state index contributed by atoms with van der Waals surface area (Å²) < 4.78 is 34.9. The van der Waals surface area contributed by atoms with Crippen LogP contribution in [0.15, 0.2) is 71.6 Å². The zero-order valence-electron chi connectivity index (χ0n) is 22.9. The number of hydrogen-bond acceptors (Lipinski definition) is 7. The van der Waals surface area contributed by atoms with Crippen molar-refractivity contribution in [2.24, 2.45) is 0 Å². The number of hydrogen-bond donors (Lipinski definition) is 0. The molecule has 2 aliphatic heterocycles. The van der Waals surface area contributed by atoms with E-state index in [0.29, 0.717) is 30.2 Å². The summed E-state index contributed by atoms with van der Waals surface area (Å²) >= 11 is 1.50. The third-order valence-electron chi connectivity index (χ3n) is 7.58. The Hall–Kier alpha value is -3.02. The van der Waals surface area contributed by atoms with Crippen LogP contribution in [-0.4, -0.2) is 70.1 Å². The quantitative estimate of drug-likeness (QED) is 0.274. The van der Waals surface area contributed by atoms with Crippen LogP contribution in [0.2, 0.25) is 0 Å². The molecule has 8 nitrogen and oxygen atoms in total. The molecule has 216 valence electrons. The van der Waals surface area contributed by atoms with E-state index in [0.717, 1.165) is 66.3 Å². The molecule has 1 fully saturated rings. The number of aromatic nitrogens is 1. The first-order valence-corrected chi connectivity index (χ1v) is 15.9. The topological polar surface area (TPSA) is 83.0 Å². The average Bonchev–Trinajstić information content (AvgIpc) is 3.62. The number of fused-ring (bicyclic) bond motifs is 2. The van der Waals surface area contributed by atoms with Gasteiger partial charge in [0.05, 0.1) is 34.0 Å². The Morgan fingerprint density at radius 3 is 2.51 bits per heavy atom. The lowest BCUT2D eigenvalue weighted by Gasteiger charge is -2.27. The van der Waals surface area contributed by atoms with Gasteiger partial charge < -0.3 is 4.74 Å². The van der Waals surface area contributed by atoms with E-state index in [1.807, 2.05) is 49.4 Å². The van der Waals surface area contributed by atoms with Crippen LogP contribution in [0.4, 0.5) is 10.8 Å². The van der Waals surface area contributed by atoms with Crippen LogP contribution in [-0.2, 0) is 21.2 Å². The number of ether oxygens (including phenoxy) is 1. The fourth-order valence-corrected chi connectivity index (χ4v) is 7.93. The number of nitrogens with zero attached hydrogens (tertiary/aromatic N) is 4. The van der Waals surface area contributed by atoms with Gasteiger partial charge in [-0.05, 0) is 67.3 Å². The summed E-state index contributed by atoms with van der Waals surface area (Å²) in [5.41, 5.74) is 4.15. The van der Waals surface area contributed by atoms with E-state index in [4.69, 9.17) is 9.72 Å². The number of morpholine rings is 1. The van der Waals surface area contributed by atoms with Crippen LogP contribution in [0, 0.1) is 6.92 Å². The lowest BCUT2D eigenvalue weighted by atomic mass is 10.2. The number of sulfonamides is 1. The monoisotopic (exact) mass is 612 g/mol. The number of thiazole rings is 1. The van der Waals surface area contributed by atoms with Gasteiger partial charge in [-0.15, -0.1) is 12.4 Å². The minimum atomic E-state index is -3.73. The molecule has 3 aromatic carbocycles. The predicted octanol–water partition coefficient (Wildman–Crippen LogP) is 5.15. The molecule has 1 aromatic heterocycles. The van der Waals surface area contributed by atoms with E-state index < -0.39 is 10.0 Å². The van der Waals surface area contributed by atoms with Crippen LogP contribution in [0.5, 0.6) is 0 Å². The molecule has 11 heteroatoms. The summed E-state index contributed by atoms with van der Waals surface area (Å²) in [7, 11) is -3.73. The molecule has 2 aliphatic rings. The van der Waals surface area contributed by atoms with Gasteiger partial charge in [0, 0.05) is 38.3 Å². The van der Waals surface area contributed by atoms with Gasteiger partial charge >= 0.3 is 0 Å². The Labute approximate surface area is 251 Å². The molecule has 0 unspecified atom stereocenters. The fourth-order valence-electron chi connectivity index (χ4n) is 5.36. The Balaban J connectivity index is 0.00000337. The van der Waals surface area contributed by atoms with Gasteiger partial charge in [-0.1, -0.05) is 41.7 Å². The van der Waals surface area contributed by atoms with Gasteiger partial charge in [-0.25, -0.2) is 13.4 Å². The van der Waals surface area contributed by atoms with Gasteiger partial charge in [0.25, 0.3) is 15.9 Å². The number of amides is 1. The Kier molecular flexibility index (Phi) is 8.96. The number of anilines is 2. The number of aryl methyl sites for hydroxylation is 1. The molecule has 1 amide bonds. The van der Waals surface area contributed by atoms with Gasteiger partial charge in [0.15, 0.2) is 5.13 Å². The molecule has 0 N–H and O–H groups in total. The van der Waals surface area contributed by atoms with E-state index in [9.17, 15) is 13.2 Å². The van der Waals surface area contributed by atoms with Crippen LogP contribution in [0.25, 0.3) is 10.2 Å². The summed E-state index contributed by atoms with van der Waals surface area (Å²) in [4.78, 5) is 23.0. The van der Waals surface area contributed by atoms with Crippen LogP contribution in [0.3, 0.4) is 0 Å². The first-order valence-electron chi connectivity index (χ1n) is 13.6. The van der Waals surface area contributed by atoms with Gasteiger partial charge in [-0.2, -0.15) is 0 Å². The molecule has 0 bridgehead atoms. The van der Waals surface area contributed by atoms with Crippen LogP contribution in [0.1, 0.15) is 27.9 Å². The van der Waals surface area contributed by atoms with Crippen molar-refractivity contribution in [2.45, 2.75) is 24.7 Å². The standard InChI is InChI=1S/C30H32N4O4S2.ClH/c1-22-6-4-9-27-28(22)31-30(39-27)33(16-5-15-32-18-20-38-21-19-32)29(35)24-10-12-25(13-11-24)40(36,37)34-17-14-23-7-2-3-8-26(23)34;/h2-4,6-13H,5,14-21H2,1H3;1H. The molecule has 0 radical (unpaired) electrons. The third kappa shape index (κ3) is 5.98.